The van der Waals surface area contributed by atoms with Crippen molar-refractivity contribution in [1.29, 1.82) is 0 Å². The summed E-state index contributed by atoms with van der Waals surface area (Å²) in [6.07, 6.45) is 4.21. The van der Waals surface area contributed by atoms with Gasteiger partial charge in [0.25, 0.3) is 0 Å². The fourth-order valence-corrected chi connectivity index (χ4v) is 1.33. The maximum absolute atomic E-state index is 10.6. The van der Waals surface area contributed by atoms with Crippen molar-refractivity contribution in [1.82, 2.24) is 9.97 Å². The third kappa shape index (κ3) is 2.18. The Bertz CT molecular complexity index is 287. The summed E-state index contributed by atoms with van der Waals surface area (Å²) < 4.78 is 21.3. The van der Waals surface area contributed by atoms with Crippen LogP contribution in [0, 0.1) is 0 Å². The van der Waals surface area contributed by atoms with Gasteiger partial charge in [-0.1, -0.05) is 0 Å². The first-order chi connectivity index (χ1) is 4.58. The lowest BCUT2D eigenvalue weighted by molar-refractivity contribution is 0.600. The van der Waals surface area contributed by atoms with Gasteiger partial charge in [-0.25, -0.2) is 13.4 Å². The standard InChI is InChI=1S/C5H8N2O2S/c1-10(8,9)3-5-2-6-4-7-5/h2,4H,3H2,1H3,(H,6,7). The Morgan fingerprint density at radius 1 is 1.70 bits per heavy atom. The minimum absolute atomic E-state index is 0.0104. The van der Waals surface area contributed by atoms with Crippen molar-refractivity contribution in [3.8, 4) is 0 Å². The molecule has 0 atom stereocenters. The largest absolute Gasteiger partial charge is 0.351 e. The van der Waals surface area contributed by atoms with Gasteiger partial charge < -0.3 is 4.98 Å². The number of H-pyrrole nitrogens is 1. The van der Waals surface area contributed by atoms with E-state index in [1.807, 2.05) is 0 Å². The molecule has 0 saturated carbocycles. The number of hydrogen-bond donors (Lipinski definition) is 1. The van der Waals surface area contributed by atoms with Gasteiger partial charge in [0.2, 0.25) is 0 Å². The first-order valence-corrected chi connectivity index (χ1v) is 4.79. The van der Waals surface area contributed by atoms with Gasteiger partial charge in [0.15, 0.2) is 9.84 Å². The molecule has 56 valence electrons. The van der Waals surface area contributed by atoms with Crippen LogP contribution in [0.4, 0.5) is 0 Å². The molecule has 0 unspecified atom stereocenters. The summed E-state index contributed by atoms with van der Waals surface area (Å²) in [7, 11) is -2.93. The van der Waals surface area contributed by atoms with E-state index in [1.165, 1.54) is 12.6 Å². The highest BCUT2D eigenvalue weighted by Crippen LogP contribution is 1.97. The van der Waals surface area contributed by atoms with Gasteiger partial charge in [-0.05, 0) is 0 Å². The fraction of sp³-hybridized carbons (Fsp3) is 0.400. The zero-order valence-corrected chi connectivity index (χ0v) is 6.35. The number of nitrogens with one attached hydrogen (secondary N) is 1. The molecule has 1 rings (SSSR count). The van der Waals surface area contributed by atoms with E-state index >= 15 is 0 Å². The molecule has 1 heterocycles. The number of rotatable bonds is 2. The molecule has 0 aliphatic heterocycles. The van der Waals surface area contributed by atoms with Crippen molar-refractivity contribution in [2.24, 2.45) is 0 Å². The predicted molar refractivity (Wildman–Crippen MR) is 37.1 cm³/mol. The number of hydrogen-bond acceptors (Lipinski definition) is 3. The summed E-state index contributed by atoms with van der Waals surface area (Å²) in [5.41, 5.74) is 0.558. The fourth-order valence-electron chi connectivity index (χ4n) is 0.638. The maximum Gasteiger partial charge on any atom is 0.153 e. The number of aromatic amines is 1. The van der Waals surface area contributed by atoms with Crippen LogP contribution in [0.5, 0.6) is 0 Å². The molecular formula is C5H8N2O2S. The third-order valence-corrected chi connectivity index (χ3v) is 1.79. The average Bonchev–Trinajstić information content (AvgIpc) is 2.12. The topological polar surface area (TPSA) is 62.8 Å². The third-order valence-electron chi connectivity index (χ3n) is 0.965. The zero-order chi connectivity index (χ0) is 7.61. The van der Waals surface area contributed by atoms with Crippen LogP contribution in [-0.4, -0.2) is 24.6 Å². The number of aromatic nitrogens is 2. The van der Waals surface area contributed by atoms with E-state index in [0.717, 1.165) is 0 Å². The second-order valence-electron chi connectivity index (χ2n) is 2.13. The Kier molecular flexibility index (Phi) is 1.76. The molecule has 0 fully saturated rings. The molecule has 0 aromatic carbocycles. The van der Waals surface area contributed by atoms with Crippen LogP contribution in [0.15, 0.2) is 12.5 Å². The molecule has 5 heteroatoms. The second-order valence-corrected chi connectivity index (χ2v) is 4.27. The lowest BCUT2D eigenvalue weighted by Crippen LogP contribution is -2.00. The molecule has 4 nitrogen and oxygen atoms in total. The highest BCUT2D eigenvalue weighted by molar-refractivity contribution is 7.89. The number of sulfone groups is 1. The zero-order valence-electron chi connectivity index (χ0n) is 5.53. The Labute approximate surface area is 59.2 Å². The molecule has 0 saturated heterocycles. The van der Waals surface area contributed by atoms with Crippen LogP contribution >= 0.6 is 0 Å². The second kappa shape index (κ2) is 2.42. The summed E-state index contributed by atoms with van der Waals surface area (Å²) in [5, 5.41) is 0. The molecule has 0 aliphatic carbocycles. The molecule has 0 radical (unpaired) electrons. The Balaban J connectivity index is 2.75. The molecule has 1 aromatic rings. The van der Waals surface area contributed by atoms with E-state index in [1.54, 1.807) is 6.20 Å². The average molecular weight is 160 g/mol. The summed E-state index contributed by atoms with van der Waals surface area (Å²) in [4.78, 5) is 6.44. The van der Waals surface area contributed by atoms with Gasteiger partial charge in [0, 0.05) is 12.5 Å². The summed E-state index contributed by atoms with van der Waals surface area (Å²) in [6.45, 7) is 0. The van der Waals surface area contributed by atoms with E-state index in [2.05, 4.69) is 9.97 Å². The first kappa shape index (κ1) is 7.27. The summed E-state index contributed by atoms with van der Waals surface area (Å²) >= 11 is 0. The Morgan fingerprint density at radius 3 is 2.80 bits per heavy atom. The van der Waals surface area contributed by atoms with E-state index < -0.39 is 9.84 Å². The number of nitrogens with zero attached hydrogens (tertiary/aromatic N) is 1. The van der Waals surface area contributed by atoms with E-state index in [0.29, 0.717) is 5.69 Å². The minimum atomic E-state index is -2.93. The lowest BCUT2D eigenvalue weighted by atomic mass is 10.6. The molecular weight excluding hydrogens is 152 g/mol. The van der Waals surface area contributed by atoms with Crippen LogP contribution in [0.25, 0.3) is 0 Å². The van der Waals surface area contributed by atoms with Crippen LogP contribution in [0.1, 0.15) is 5.69 Å². The van der Waals surface area contributed by atoms with Crippen molar-refractivity contribution in [3.63, 3.8) is 0 Å². The SMILES string of the molecule is CS(=O)(=O)Cc1c[nH]cn1. The minimum Gasteiger partial charge on any atom is -0.351 e. The van der Waals surface area contributed by atoms with E-state index in [4.69, 9.17) is 0 Å². The summed E-state index contributed by atoms with van der Waals surface area (Å²) in [6, 6.07) is 0. The molecule has 1 aromatic heterocycles. The predicted octanol–water partition coefficient (Wildman–Crippen LogP) is -0.0457. The molecule has 0 spiro atoms. The van der Waals surface area contributed by atoms with Crippen molar-refractivity contribution in [3.05, 3.63) is 18.2 Å². The van der Waals surface area contributed by atoms with Gasteiger partial charge >= 0.3 is 0 Å². The van der Waals surface area contributed by atoms with Crippen LogP contribution in [0.3, 0.4) is 0 Å². The molecule has 0 aliphatic rings. The quantitative estimate of drug-likeness (QED) is 0.660. The highest BCUT2D eigenvalue weighted by Gasteiger charge is 2.04. The smallest absolute Gasteiger partial charge is 0.153 e. The van der Waals surface area contributed by atoms with E-state index in [-0.39, 0.29) is 5.75 Å². The highest BCUT2D eigenvalue weighted by atomic mass is 32.2. The van der Waals surface area contributed by atoms with Gasteiger partial charge in [-0.15, -0.1) is 0 Å². The molecule has 1 N–H and O–H groups in total. The van der Waals surface area contributed by atoms with Gasteiger partial charge in [0.05, 0.1) is 17.8 Å². The van der Waals surface area contributed by atoms with Crippen molar-refractivity contribution in [2.75, 3.05) is 6.26 Å². The van der Waals surface area contributed by atoms with Crippen molar-refractivity contribution < 1.29 is 8.42 Å². The van der Waals surface area contributed by atoms with Crippen LogP contribution in [0.2, 0.25) is 0 Å². The molecule has 0 amide bonds. The lowest BCUT2D eigenvalue weighted by Gasteiger charge is -1.89. The van der Waals surface area contributed by atoms with E-state index in [9.17, 15) is 8.42 Å². The van der Waals surface area contributed by atoms with Crippen molar-refractivity contribution >= 4 is 9.84 Å². The van der Waals surface area contributed by atoms with Crippen LogP contribution in [-0.2, 0) is 15.6 Å². The van der Waals surface area contributed by atoms with Crippen LogP contribution < -0.4 is 0 Å². The van der Waals surface area contributed by atoms with Crippen molar-refractivity contribution in [2.45, 2.75) is 5.75 Å². The van der Waals surface area contributed by atoms with Gasteiger partial charge in [0.1, 0.15) is 0 Å². The Morgan fingerprint density at radius 2 is 2.40 bits per heavy atom. The normalized spacial score (nSPS) is 11.7. The van der Waals surface area contributed by atoms with Gasteiger partial charge in [-0.2, -0.15) is 0 Å². The molecule has 10 heavy (non-hydrogen) atoms. The Hall–Kier alpha value is -0.840. The maximum atomic E-state index is 10.6. The van der Waals surface area contributed by atoms with Gasteiger partial charge in [-0.3, -0.25) is 0 Å². The monoisotopic (exact) mass is 160 g/mol. The summed E-state index contributed by atoms with van der Waals surface area (Å²) in [5.74, 6) is 0.0104. The first-order valence-electron chi connectivity index (χ1n) is 2.73. The number of imidazole rings is 1. The molecule has 0 bridgehead atoms.